The number of carbonyl (C=O) groups is 2. The van der Waals surface area contributed by atoms with Gasteiger partial charge < -0.3 is 25.8 Å². The van der Waals surface area contributed by atoms with Crippen LogP contribution in [0.15, 0.2) is 67.3 Å². The van der Waals surface area contributed by atoms with Gasteiger partial charge in [0.1, 0.15) is 0 Å². The predicted octanol–water partition coefficient (Wildman–Crippen LogP) is 4.34. The molecule has 36 heavy (non-hydrogen) atoms. The van der Waals surface area contributed by atoms with Gasteiger partial charge in [-0.1, -0.05) is 36.9 Å². The first kappa shape index (κ1) is 25.0. The summed E-state index contributed by atoms with van der Waals surface area (Å²) >= 11 is 0. The minimum Gasteiger partial charge on any atom is -0.338 e. The third-order valence-corrected chi connectivity index (χ3v) is 6.36. The van der Waals surface area contributed by atoms with Crippen LogP contribution < -0.4 is 16.0 Å². The van der Waals surface area contributed by atoms with Gasteiger partial charge in [0.05, 0.1) is 23.8 Å². The summed E-state index contributed by atoms with van der Waals surface area (Å²) in [5.74, 6) is 0.408. The highest BCUT2D eigenvalue weighted by Gasteiger charge is 2.44. The summed E-state index contributed by atoms with van der Waals surface area (Å²) in [5.41, 5.74) is 3.84. The molecule has 4 N–H and O–H groups in total. The number of anilines is 3. The topological polar surface area (TPSA) is 105 Å². The molecular weight excluding hydrogens is 454 g/mol. The molecule has 0 aliphatic carbocycles. The van der Waals surface area contributed by atoms with Gasteiger partial charge in [0, 0.05) is 23.5 Å². The van der Waals surface area contributed by atoms with Crippen LogP contribution in [0.4, 0.5) is 22.0 Å². The van der Waals surface area contributed by atoms with E-state index in [2.05, 4.69) is 37.6 Å². The first-order valence-corrected chi connectivity index (χ1v) is 11.8. The number of aromatic amines is 1. The number of nitrogens with zero attached hydrogens (tertiary/aromatic N) is 3. The van der Waals surface area contributed by atoms with Gasteiger partial charge in [-0.15, -0.1) is 0 Å². The average Bonchev–Trinajstić information content (AvgIpc) is 3.37. The fourth-order valence-corrected chi connectivity index (χ4v) is 4.42. The van der Waals surface area contributed by atoms with Gasteiger partial charge in [0.25, 0.3) is 0 Å². The molecule has 3 aromatic rings. The Kier molecular flexibility index (Phi) is 7.12. The highest BCUT2D eigenvalue weighted by molar-refractivity contribution is 5.98. The Morgan fingerprint density at radius 3 is 2.44 bits per heavy atom. The number of hydrogen-bond acceptors (Lipinski definition) is 5. The van der Waals surface area contributed by atoms with E-state index in [4.69, 9.17) is 0 Å². The van der Waals surface area contributed by atoms with Gasteiger partial charge in [0.15, 0.2) is 5.82 Å². The van der Waals surface area contributed by atoms with E-state index in [-0.39, 0.29) is 18.0 Å². The minimum absolute atomic E-state index is 0.131. The van der Waals surface area contributed by atoms with E-state index in [9.17, 15) is 9.59 Å². The molecule has 0 saturated heterocycles. The Morgan fingerprint density at radius 2 is 1.81 bits per heavy atom. The molecule has 1 aliphatic heterocycles. The highest BCUT2D eigenvalue weighted by Crippen LogP contribution is 2.41. The lowest BCUT2D eigenvalue weighted by molar-refractivity contribution is -0.111. The fourth-order valence-electron chi connectivity index (χ4n) is 4.42. The van der Waals surface area contributed by atoms with E-state index in [1.54, 1.807) is 12.1 Å². The SMILES string of the molecule is C=CC(=O)Nc1ccc(Nc2n[nH]c3c2CN(C(=O)N[C@H](CN(C)C)c2ccccc2)C3(C)C)cc1. The quantitative estimate of drug-likeness (QED) is 0.354. The summed E-state index contributed by atoms with van der Waals surface area (Å²) in [7, 11) is 3.99. The van der Waals surface area contributed by atoms with E-state index in [0.717, 1.165) is 22.5 Å². The number of hydrogen-bond donors (Lipinski definition) is 4. The smallest absolute Gasteiger partial charge is 0.319 e. The summed E-state index contributed by atoms with van der Waals surface area (Å²) in [6.45, 7) is 8.60. The van der Waals surface area contributed by atoms with E-state index in [1.165, 1.54) is 6.08 Å². The molecule has 188 valence electrons. The molecule has 0 radical (unpaired) electrons. The zero-order valence-electron chi connectivity index (χ0n) is 21.1. The molecule has 2 aromatic carbocycles. The van der Waals surface area contributed by atoms with E-state index in [0.29, 0.717) is 24.6 Å². The van der Waals surface area contributed by atoms with Crippen molar-refractivity contribution < 1.29 is 9.59 Å². The van der Waals surface area contributed by atoms with Gasteiger partial charge in [-0.05, 0) is 63.8 Å². The molecular formula is C27H33N7O2. The van der Waals surface area contributed by atoms with E-state index < -0.39 is 5.54 Å². The van der Waals surface area contributed by atoms with Crippen LogP contribution >= 0.6 is 0 Å². The number of H-pyrrole nitrogens is 1. The van der Waals surface area contributed by atoms with Crippen molar-refractivity contribution in [2.75, 3.05) is 31.3 Å². The van der Waals surface area contributed by atoms with Crippen LogP contribution in [0, 0.1) is 0 Å². The molecule has 0 unspecified atom stereocenters. The van der Waals surface area contributed by atoms with Gasteiger partial charge in [0.2, 0.25) is 5.91 Å². The maximum atomic E-state index is 13.5. The van der Waals surface area contributed by atoms with Crippen LogP contribution in [0.1, 0.15) is 36.7 Å². The third-order valence-electron chi connectivity index (χ3n) is 6.36. The molecule has 0 saturated carbocycles. The van der Waals surface area contributed by atoms with Gasteiger partial charge in [-0.3, -0.25) is 9.89 Å². The lowest BCUT2D eigenvalue weighted by atomic mass is 10.0. The van der Waals surface area contributed by atoms with Crippen LogP contribution in [0.5, 0.6) is 0 Å². The molecule has 1 aliphatic rings. The molecule has 0 bridgehead atoms. The maximum Gasteiger partial charge on any atom is 0.319 e. The minimum atomic E-state index is -0.565. The van der Waals surface area contributed by atoms with Crippen molar-refractivity contribution in [2.24, 2.45) is 0 Å². The molecule has 9 nitrogen and oxygen atoms in total. The zero-order valence-corrected chi connectivity index (χ0v) is 21.1. The number of amides is 3. The first-order valence-electron chi connectivity index (χ1n) is 11.8. The van der Waals surface area contributed by atoms with Gasteiger partial charge >= 0.3 is 6.03 Å². The number of fused-ring (bicyclic) bond motifs is 1. The molecule has 4 rings (SSSR count). The predicted molar refractivity (Wildman–Crippen MR) is 142 cm³/mol. The Labute approximate surface area is 211 Å². The normalized spacial score (nSPS) is 14.8. The van der Waals surface area contributed by atoms with Crippen molar-refractivity contribution in [3.63, 3.8) is 0 Å². The number of nitrogens with one attached hydrogen (secondary N) is 4. The van der Waals surface area contributed by atoms with Crippen LogP contribution in [0.25, 0.3) is 0 Å². The standard InChI is InChI=1S/C27H33N7O2/c1-6-23(35)28-19-12-14-20(15-13-19)29-25-21-16-34(27(2,3)24(21)31-32-25)26(36)30-22(17-33(4)5)18-10-8-7-9-11-18/h6-15,22H,1,16-17H2,2-5H3,(H,28,35)(H,30,36)(H2,29,31,32)/t22-/m1/s1. The Morgan fingerprint density at radius 1 is 1.14 bits per heavy atom. The number of likely N-dealkylation sites (N-methyl/N-ethyl adjacent to an activating group) is 1. The Hall–Kier alpha value is -4.11. The van der Waals surface area contributed by atoms with Crippen LogP contribution in [0.3, 0.4) is 0 Å². The number of carbonyl (C=O) groups excluding carboxylic acids is 2. The Bertz CT molecular complexity index is 1230. The summed E-state index contributed by atoms with van der Waals surface area (Å²) in [5, 5.41) is 16.9. The number of aromatic nitrogens is 2. The zero-order chi connectivity index (χ0) is 25.9. The third kappa shape index (κ3) is 5.26. The van der Waals surface area contributed by atoms with Crippen molar-refractivity contribution in [3.05, 3.63) is 84.1 Å². The monoisotopic (exact) mass is 487 g/mol. The highest BCUT2D eigenvalue weighted by atomic mass is 16.2. The van der Waals surface area contributed by atoms with Crippen molar-refractivity contribution in [2.45, 2.75) is 32.0 Å². The van der Waals surface area contributed by atoms with E-state index in [1.807, 2.05) is 75.3 Å². The van der Waals surface area contributed by atoms with Crippen molar-refractivity contribution in [1.82, 2.24) is 25.3 Å². The molecule has 3 amide bonds. The average molecular weight is 488 g/mol. The van der Waals surface area contributed by atoms with Crippen molar-refractivity contribution in [3.8, 4) is 0 Å². The van der Waals surface area contributed by atoms with Crippen LogP contribution in [0.2, 0.25) is 0 Å². The van der Waals surface area contributed by atoms with E-state index >= 15 is 0 Å². The van der Waals surface area contributed by atoms with Crippen LogP contribution in [-0.2, 0) is 16.9 Å². The largest absolute Gasteiger partial charge is 0.338 e. The molecule has 1 atom stereocenters. The van der Waals surface area contributed by atoms with Crippen molar-refractivity contribution >= 4 is 29.1 Å². The summed E-state index contributed by atoms with van der Waals surface area (Å²) in [4.78, 5) is 28.9. The molecule has 1 aromatic heterocycles. The molecule has 0 fully saturated rings. The first-order chi connectivity index (χ1) is 17.2. The summed E-state index contributed by atoms with van der Waals surface area (Å²) in [6, 6.07) is 17.1. The Balaban J connectivity index is 1.49. The molecule has 0 spiro atoms. The second-order valence-electron chi connectivity index (χ2n) is 9.64. The number of benzene rings is 2. The lowest BCUT2D eigenvalue weighted by Gasteiger charge is -2.34. The summed E-state index contributed by atoms with van der Waals surface area (Å²) in [6.07, 6.45) is 1.23. The lowest BCUT2D eigenvalue weighted by Crippen LogP contribution is -2.48. The number of urea groups is 1. The van der Waals surface area contributed by atoms with Crippen molar-refractivity contribution in [1.29, 1.82) is 0 Å². The molecule has 9 heteroatoms. The van der Waals surface area contributed by atoms with Gasteiger partial charge in [-0.25, -0.2) is 4.79 Å². The van der Waals surface area contributed by atoms with Gasteiger partial charge in [-0.2, -0.15) is 5.10 Å². The summed E-state index contributed by atoms with van der Waals surface area (Å²) < 4.78 is 0. The molecule has 2 heterocycles. The second kappa shape index (κ2) is 10.2. The van der Waals surface area contributed by atoms with Crippen LogP contribution in [-0.4, -0.2) is 52.6 Å². The maximum absolute atomic E-state index is 13.5. The number of rotatable bonds is 8. The second-order valence-corrected chi connectivity index (χ2v) is 9.64. The fraction of sp³-hybridized carbons (Fsp3) is 0.296.